The van der Waals surface area contributed by atoms with Gasteiger partial charge in [0, 0.05) is 0 Å². The normalized spacial score (nSPS) is 10.6. The number of nitrogens with zero attached hydrogens (tertiary/aromatic N) is 1. The molecule has 0 saturated carbocycles. The van der Waals surface area contributed by atoms with Crippen molar-refractivity contribution in [1.29, 1.82) is 0 Å². The molecule has 5 heteroatoms. The third kappa shape index (κ3) is 2.25. The van der Waals surface area contributed by atoms with E-state index in [0.29, 0.717) is 12.5 Å². The number of aromatic carboxylic acids is 1. The van der Waals surface area contributed by atoms with E-state index in [9.17, 15) is 4.79 Å². The Kier molecular flexibility index (Phi) is 3.11. The highest BCUT2D eigenvalue weighted by atomic mass is 16.5. The number of hydrogen-bond acceptors (Lipinski definition) is 4. The molecule has 5 nitrogen and oxygen atoms in total. The van der Waals surface area contributed by atoms with Crippen molar-refractivity contribution in [2.24, 2.45) is 5.92 Å². The molecule has 0 aliphatic heterocycles. The minimum atomic E-state index is -1.08. The van der Waals surface area contributed by atoms with Gasteiger partial charge in [-0.15, -0.1) is 0 Å². The van der Waals surface area contributed by atoms with Crippen molar-refractivity contribution in [3.63, 3.8) is 0 Å². The molecule has 1 N–H and O–H groups in total. The van der Waals surface area contributed by atoms with Gasteiger partial charge in [-0.05, 0) is 18.0 Å². The van der Waals surface area contributed by atoms with Gasteiger partial charge >= 0.3 is 5.97 Å². The molecule has 0 amide bonds. The molecule has 0 aliphatic rings. The Morgan fingerprint density at radius 1 is 1.64 bits per heavy atom. The first-order chi connectivity index (χ1) is 6.52. The second-order valence-electron chi connectivity index (χ2n) is 3.43. The second-order valence-corrected chi connectivity index (χ2v) is 3.43. The van der Waals surface area contributed by atoms with Gasteiger partial charge in [0.15, 0.2) is 11.3 Å². The van der Waals surface area contributed by atoms with Crippen LogP contribution >= 0.6 is 0 Å². The van der Waals surface area contributed by atoms with Gasteiger partial charge in [-0.1, -0.05) is 13.8 Å². The van der Waals surface area contributed by atoms with Crippen LogP contribution in [0.1, 0.15) is 30.0 Å². The van der Waals surface area contributed by atoms with E-state index in [1.807, 2.05) is 13.8 Å². The number of aryl methyl sites for hydroxylation is 1. The lowest BCUT2D eigenvalue weighted by atomic mass is 10.2. The summed E-state index contributed by atoms with van der Waals surface area (Å²) in [6.45, 7) is 5.89. The van der Waals surface area contributed by atoms with Crippen LogP contribution in [0.15, 0.2) is 4.52 Å². The summed E-state index contributed by atoms with van der Waals surface area (Å²) in [5, 5.41) is 12.4. The molecule has 0 aliphatic carbocycles. The summed E-state index contributed by atoms with van der Waals surface area (Å²) in [5.74, 6) is -0.448. The zero-order valence-electron chi connectivity index (χ0n) is 8.40. The first-order valence-electron chi connectivity index (χ1n) is 4.34. The highest BCUT2D eigenvalue weighted by molar-refractivity contribution is 5.91. The van der Waals surface area contributed by atoms with E-state index >= 15 is 0 Å². The van der Waals surface area contributed by atoms with E-state index in [0.717, 1.165) is 0 Å². The first kappa shape index (κ1) is 10.6. The monoisotopic (exact) mass is 199 g/mol. The molecule has 1 aromatic rings. The largest absolute Gasteiger partial charge is 0.477 e. The summed E-state index contributed by atoms with van der Waals surface area (Å²) in [5.41, 5.74) is 0.00523. The fourth-order valence-electron chi connectivity index (χ4n) is 0.938. The second kappa shape index (κ2) is 4.13. The van der Waals surface area contributed by atoms with Crippen molar-refractivity contribution < 1.29 is 19.2 Å². The Bertz CT molecular complexity index is 330. The van der Waals surface area contributed by atoms with E-state index < -0.39 is 5.97 Å². The van der Waals surface area contributed by atoms with E-state index in [2.05, 4.69) is 5.16 Å². The predicted octanol–water partition coefficient (Wildman–Crippen LogP) is 1.72. The van der Waals surface area contributed by atoms with Gasteiger partial charge in [0.1, 0.15) is 0 Å². The minimum absolute atomic E-state index is 0.00523. The van der Waals surface area contributed by atoms with Crippen molar-refractivity contribution in [2.45, 2.75) is 20.8 Å². The summed E-state index contributed by atoms with van der Waals surface area (Å²) in [7, 11) is 0. The third-order valence-corrected chi connectivity index (χ3v) is 1.60. The van der Waals surface area contributed by atoms with Crippen LogP contribution in [-0.2, 0) is 0 Å². The van der Waals surface area contributed by atoms with Gasteiger partial charge in [-0.25, -0.2) is 4.79 Å². The molecule has 1 heterocycles. The third-order valence-electron chi connectivity index (χ3n) is 1.60. The first-order valence-corrected chi connectivity index (χ1v) is 4.34. The highest BCUT2D eigenvalue weighted by Crippen LogP contribution is 2.20. The SMILES string of the molecule is Cc1onc(OCC(C)C)c1C(=O)O. The smallest absolute Gasteiger partial charge is 0.344 e. The van der Waals surface area contributed by atoms with Crippen LogP contribution in [0.4, 0.5) is 0 Å². The lowest BCUT2D eigenvalue weighted by molar-refractivity contribution is 0.0690. The molecule has 0 bridgehead atoms. The zero-order valence-corrected chi connectivity index (χ0v) is 8.40. The van der Waals surface area contributed by atoms with Crippen molar-refractivity contribution in [2.75, 3.05) is 6.61 Å². The molecule has 78 valence electrons. The number of ether oxygens (including phenoxy) is 1. The predicted molar refractivity (Wildman–Crippen MR) is 48.5 cm³/mol. The molecular weight excluding hydrogens is 186 g/mol. The molecule has 0 radical (unpaired) electrons. The van der Waals surface area contributed by atoms with E-state index in [-0.39, 0.29) is 17.2 Å². The summed E-state index contributed by atoms with van der Waals surface area (Å²) in [6, 6.07) is 0. The summed E-state index contributed by atoms with van der Waals surface area (Å²) < 4.78 is 9.93. The number of carboxylic acid groups (broad SMARTS) is 1. The Hall–Kier alpha value is -1.52. The van der Waals surface area contributed by atoms with Crippen molar-refractivity contribution in [3.05, 3.63) is 11.3 Å². The molecule has 0 aromatic carbocycles. The van der Waals surface area contributed by atoms with Crippen LogP contribution in [0.2, 0.25) is 0 Å². The zero-order chi connectivity index (χ0) is 10.7. The van der Waals surface area contributed by atoms with Gasteiger partial charge < -0.3 is 14.4 Å². The highest BCUT2D eigenvalue weighted by Gasteiger charge is 2.20. The maximum Gasteiger partial charge on any atom is 0.344 e. The van der Waals surface area contributed by atoms with Crippen LogP contribution in [-0.4, -0.2) is 22.8 Å². The van der Waals surface area contributed by atoms with Crippen LogP contribution in [0, 0.1) is 12.8 Å². The number of hydrogen-bond donors (Lipinski definition) is 1. The topological polar surface area (TPSA) is 72.6 Å². The Balaban J connectivity index is 2.81. The van der Waals surface area contributed by atoms with Gasteiger partial charge in [0.05, 0.1) is 6.61 Å². The lowest BCUT2D eigenvalue weighted by Crippen LogP contribution is -2.08. The van der Waals surface area contributed by atoms with E-state index in [1.165, 1.54) is 0 Å². The van der Waals surface area contributed by atoms with Crippen LogP contribution in [0.5, 0.6) is 5.88 Å². The lowest BCUT2D eigenvalue weighted by Gasteiger charge is -2.05. The molecule has 0 saturated heterocycles. The fraction of sp³-hybridized carbons (Fsp3) is 0.556. The van der Waals surface area contributed by atoms with E-state index in [1.54, 1.807) is 6.92 Å². The summed E-state index contributed by atoms with van der Waals surface area (Å²) >= 11 is 0. The van der Waals surface area contributed by atoms with Crippen molar-refractivity contribution in [1.82, 2.24) is 5.16 Å². The summed E-state index contributed by atoms with van der Waals surface area (Å²) in [6.07, 6.45) is 0. The fourth-order valence-corrected chi connectivity index (χ4v) is 0.938. The molecule has 0 fully saturated rings. The van der Waals surface area contributed by atoms with E-state index in [4.69, 9.17) is 14.4 Å². The van der Waals surface area contributed by atoms with Gasteiger partial charge in [-0.2, -0.15) is 0 Å². The Morgan fingerprint density at radius 3 is 2.79 bits per heavy atom. The van der Waals surface area contributed by atoms with Crippen LogP contribution in [0.25, 0.3) is 0 Å². The quantitative estimate of drug-likeness (QED) is 0.799. The minimum Gasteiger partial charge on any atom is -0.477 e. The Labute approximate surface area is 81.7 Å². The number of carbonyl (C=O) groups is 1. The maximum atomic E-state index is 10.8. The van der Waals surface area contributed by atoms with Gasteiger partial charge in [0.25, 0.3) is 5.88 Å². The molecule has 14 heavy (non-hydrogen) atoms. The van der Waals surface area contributed by atoms with Crippen molar-refractivity contribution >= 4 is 5.97 Å². The van der Waals surface area contributed by atoms with Crippen molar-refractivity contribution in [3.8, 4) is 5.88 Å². The van der Waals surface area contributed by atoms with Gasteiger partial charge in [-0.3, -0.25) is 0 Å². The molecule has 1 aromatic heterocycles. The number of rotatable bonds is 4. The van der Waals surface area contributed by atoms with Crippen LogP contribution in [0.3, 0.4) is 0 Å². The summed E-state index contributed by atoms with van der Waals surface area (Å²) in [4.78, 5) is 10.8. The van der Waals surface area contributed by atoms with Crippen LogP contribution < -0.4 is 4.74 Å². The average molecular weight is 199 g/mol. The molecular formula is C9H13NO4. The number of aromatic nitrogens is 1. The Morgan fingerprint density at radius 2 is 2.29 bits per heavy atom. The van der Waals surface area contributed by atoms with Gasteiger partial charge in [0.2, 0.25) is 0 Å². The maximum absolute atomic E-state index is 10.8. The molecule has 0 spiro atoms. The average Bonchev–Trinajstić information content (AvgIpc) is 2.43. The molecule has 1 rings (SSSR count). The molecule has 0 unspecified atom stereocenters. The standard InChI is InChI=1S/C9H13NO4/c1-5(2)4-13-8-7(9(11)12)6(3)14-10-8/h5H,4H2,1-3H3,(H,11,12). The molecule has 0 atom stereocenters. The number of carboxylic acids is 1.